The van der Waals surface area contributed by atoms with Gasteiger partial charge in [-0.15, -0.1) is 0 Å². The molecule has 0 spiro atoms. The van der Waals surface area contributed by atoms with Crippen LogP contribution < -0.4 is 14.8 Å². The second-order valence-electron chi connectivity index (χ2n) is 9.47. The van der Waals surface area contributed by atoms with E-state index in [1.165, 1.54) is 0 Å². The molecule has 0 aliphatic carbocycles. The molecule has 0 bridgehead atoms. The Balaban J connectivity index is 1.20. The van der Waals surface area contributed by atoms with E-state index in [-0.39, 0.29) is 18.3 Å². The fraction of sp³-hybridized carbons (Fsp3) is 0.219. The summed E-state index contributed by atoms with van der Waals surface area (Å²) in [6, 6.07) is 30.7. The van der Waals surface area contributed by atoms with E-state index in [1.54, 1.807) is 6.07 Å². The summed E-state index contributed by atoms with van der Waals surface area (Å²) in [5.74, 6) is 0.669. The van der Waals surface area contributed by atoms with Gasteiger partial charge in [-0.3, -0.25) is 0 Å². The van der Waals surface area contributed by atoms with Gasteiger partial charge in [0.1, 0.15) is 30.3 Å². The minimum atomic E-state index is -0.940. The molecule has 1 heterocycles. The van der Waals surface area contributed by atoms with E-state index in [9.17, 15) is 15.0 Å². The lowest BCUT2D eigenvalue weighted by atomic mass is 9.92. The Bertz CT molecular complexity index is 1370. The quantitative estimate of drug-likeness (QED) is 0.264. The monoisotopic (exact) mass is 509 g/mol. The van der Waals surface area contributed by atoms with Gasteiger partial charge in [0.15, 0.2) is 0 Å². The summed E-state index contributed by atoms with van der Waals surface area (Å²) < 4.78 is 11.8. The standard InChI is InChI=1S/C32H31NO5/c34-26(21-37-27-9-5-2-6-10-27)19-33-20-28-14-11-25-17-23(13-16-31(25)38-28)24-12-15-29(32(35)36)30(18-24)22-7-3-1-4-8-22/h1-10,12-13,15-18,26,28,33-34H,11,14,19-21H2,(H,35,36)/t26-,28+/m0/s1. The summed E-state index contributed by atoms with van der Waals surface area (Å²) in [5.41, 5.74) is 4.99. The van der Waals surface area contributed by atoms with Crippen LogP contribution in [0.25, 0.3) is 22.3 Å². The van der Waals surface area contributed by atoms with Gasteiger partial charge >= 0.3 is 5.97 Å². The van der Waals surface area contributed by atoms with Crippen molar-refractivity contribution in [3.05, 3.63) is 108 Å². The van der Waals surface area contributed by atoms with Gasteiger partial charge in [-0.25, -0.2) is 4.79 Å². The first-order valence-electron chi connectivity index (χ1n) is 12.9. The molecule has 6 heteroatoms. The molecule has 0 saturated carbocycles. The lowest BCUT2D eigenvalue weighted by Crippen LogP contribution is -2.39. The predicted octanol–water partition coefficient (Wildman–Crippen LogP) is 5.44. The van der Waals surface area contributed by atoms with E-state index in [0.717, 1.165) is 46.6 Å². The molecule has 0 unspecified atom stereocenters. The molecular formula is C32H31NO5. The van der Waals surface area contributed by atoms with E-state index in [2.05, 4.69) is 11.4 Å². The second kappa shape index (κ2) is 11.9. The smallest absolute Gasteiger partial charge is 0.336 e. The highest BCUT2D eigenvalue weighted by Gasteiger charge is 2.21. The number of carboxylic acids is 1. The number of nitrogens with one attached hydrogen (secondary N) is 1. The van der Waals surface area contributed by atoms with Crippen molar-refractivity contribution < 1.29 is 24.5 Å². The minimum Gasteiger partial charge on any atom is -0.491 e. The number of carboxylic acid groups (broad SMARTS) is 1. The summed E-state index contributed by atoms with van der Waals surface area (Å²) in [7, 11) is 0. The zero-order valence-corrected chi connectivity index (χ0v) is 21.0. The number of para-hydroxylation sites is 1. The number of fused-ring (bicyclic) bond motifs is 1. The highest BCUT2D eigenvalue weighted by molar-refractivity contribution is 5.97. The number of aryl methyl sites for hydroxylation is 1. The zero-order valence-electron chi connectivity index (χ0n) is 21.0. The van der Waals surface area contributed by atoms with Gasteiger partial charge in [0.2, 0.25) is 0 Å². The SMILES string of the molecule is O=C(O)c1ccc(-c2ccc3c(c2)CC[C@H](CNC[C@H](O)COc2ccccc2)O3)cc1-c1ccccc1. The number of hydrogen-bond acceptors (Lipinski definition) is 5. The van der Waals surface area contributed by atoms with Gasteiger partial charge in [0.05, 0.1) is 5.56 Å². The maximum atomic E-state index is 11.8. The van der Waals surface area contributed by atoms with Crippen LogP contribution in [-0.2, 0) is 6.42 Å². The summed E-state index contributed by atoms with van der Waals surface area (Å²) in [6.45, 7) is 1.29. The van der Waals surface area contributed by atoms with Gasteiger partial charge < -0.3 is 25.0 Å². The fourth-order valence-electron chi connectivity index (χ4n) is 4.71. The molecule has 4 aromatic rings. The predicted molar refractivity (Wildman–Crippen MR) is 148 cm³/mol. The van der Waals surface area contributed by atoms with Crippen molar-refractivity contribution in [2.24, 2.45) is 0 Å². The number of aliphatic hydroxyl groups excluding tert-OH is 1. The van der Waals surface area contributed by atoms with Crippen molar-refractivity contribution in [2.75, 3.05) is 19.7 Å². The fourth-order valence-corrected chi connectivity index (χ4v) is 4.71. The molecule has 0 amide bonds. The largest absolute Gasteiger partial charge is 0.491 e. The summed E-state index contributed by atoms with van der Waals surface area (Å²) in [4.78, 5) is 11.8. The van der Waals surface area contributed by atoms with Crippen LogP contribution in [-0.4, -0.2) is 48.1 Å². The Hall–Kier alpha value is -4.13. The maximum absolute atomic E-state index is 11.8. The molecule has 38 heavy (non-hydrogen) atoms. The Morgan fingerprint density at radius 3 is 2.39 bits per heavy atom. The van der Waals surface area contributed by atoms with Crippen LogP contribution in [0, 0.1) is 0 Å². The van der Waals surface area contributed by atoms with Gasteiger partial charge in [0.25, 0.3) is 0 Å². The molecule has 1 aliphatic rings. The van der Waals surface area contributed by atoms with Crippen LogP contribution in [0.2, 0.25) is 0 Å². The molecule has 6 nitrogen and oxygen atoms in total. The summed E-state index contributed by atoms with van der Waals surface area (Å²) >= 11 is 0. The Kier molecular flexibility index (Phi) is 8.02. The molecule has 1 aliphatic heterocycles. The van der Waals surface area contributed by atoms with Gasteiger partial charge in [0, 0.05) is 13.1 Å². The Morgan fingerprint density at radius 1 is 0.921 bits per heavy atom. The van der Waals surface area contributed by atoms with Gasteiger partial charge in [-0.2, -0.15) is 0 Å². The number of aromatic carboxylic acids is 1. The van der Waals surface area contributed by atoms with Crippen molar-refractivity contribution in [1.29, 1.82) is 0 Å². The third-order valence-electron chi connectivity index (χ3n) is 6.70. The molecule has 2 atom stereocenters. The molecular weight excluding hydrogens is 478 g/mol. The Labute approximate surface area is 222 Å². The highest BCUT2D eigenvalue weighted by atomic mass is 16.5. The van der Waals surface area contributed by atoms with E-state index < -0.39 is 12.1 Å². The van der Waals surface area contributed by atoms with Crippen LogP contribution in [0.5, 0.6) is 11.5 Å². The summed E-state index contributed by atoms with van der Waals surface area (Å²) in [6.07, 6.45) is 1.17. The lowest BCUT2D eigenvalue weighted by molar-refractivity contribution is 0.0697. The highest BCUT2D eigenvalue weighted by Crippen LogP contribution is 2.34. The minimum absolute atomic E-state index is 0.0233. The average molecular weight is 510 g/mol. The first-order valence-corrected chi connectivity index (χ1v) is 12.9. The lowest BCUT2D eigenvalue weighted by Gasteiger charge is -2.27. The number of carbonyl (C=O) groups is 1. The number of rotatable bonds is 10. The molecule has 0 fully saturated rings. The normalized spacial score (nSPS) is 15.2. The topological polar surface area (TPSA) is 88.0 Å². The molecule has 0 radical (unpaired) electrons. The van der Waals surface area contributed by atoms with Crippen molar-refractivity contribution in [3.63, 3.8) is 0 Å². The number of benzene rings is 4. The maximum Gasteiger partial charge on any atom is 0.336 e. The van der Waals surface area contributed by atoms with Crippen LogP contribution in [0.3, 0.4) is 0 Å². The number of aliphatic hydroxyl groups is 1. The van der Waals surface area contributed by atoms with Crippen molar-refractivity contribution in [3.8, 4) is 33.8 Å². The molecule has 5 rings (SSSR count). The summed E-state index contributed by atoms with van der Waals surface area (Å²) in [5, 5.41) is 23.2. The van der Waals surface area contributed by atoms with Crippen LogP contribution >= 0.6 is 0 Å². The number of hydrogen-bond donors (Lipinski definition) is 3. The van der Waals surface area contributed by atoms with Crippen LogP contribution in [0.1, 0.15) is 22.3 Å². The molecule has 0 aromatic heterocycles. The first kappa shape index (κ1) is 25.5. The van der Waals surface area contributed by atoms with Crippen molar-refractivity contribution in [1.82, 2.24) is 5.32 Å². The number of ether oxygens (including phenoxy) is 2. The molecule has 194 valence electrons. The molecule has 3 N–H and O–H groups in total. The van der Waals surface area contributed by atoms with Crippen molar-refractivity contribution in [2.45, 2.75) is 25.0 Å². The third kappa shape index (κ3) is 6.22. The average Bonchev–Trinajstić information content (AvgIpc) is 2.96. The van der Waals surface area contributed by atoms with Gasteiger partial charge in [-0.05, 0) is 77.1 Å². The van der Waals surface area contributed by atoms with E-state index in [1.807, 2.05) is 84.9 Å². The zero-order chi connectivity index (χ0) is 26.3. The molecule has 4 aromatic carbocycles. The van der Waals surface area contributed by atoms with Gasteiger partial charge in [-0.1, -0.05) is 60.7 Å². The van der Waals surface area contributed by atoms with Crippen LogP contribution in [0.4, 0.5) is 0 Å². The first-order chi connectivity index (χ1) is 18.6. The molecule has 0 saturated heterocycles. The third-order valence-corrected chi connectivity index (χ3v) is 6.70. The van der Waals surface area contributed by atoms with E-state index in [4.69, 9.17) is 9.47 Å². The second-order valence-corrected chi connectivity index (χ2v) is 9.47. The van der Waals surface area contributed by atoms with E-state index in [0.29, 0.717) is 18.7 Å². The van der Waals surface area contributed by atoms with E-state index >= 15 is 0 Å². The van der Waals surface area contributed by atoms with Crippen molar-refractivity contribution >= 4 is 5.97 Å². The van der Waals surface area contributed by atoms with Crippen LogP contribution in [0.15, 0.2) is 97.1 Å². The Morgan fingerprint density at radius 2 is 1.63 bits per heavy atom.